The molecule has 6 heteroatoms. The van der Waals surface area contributed by atoms with Gasteiger partial charge in [0.15, 0.2) is 0 Å². The van der Waals surface area contributed by atoms with Crippen LogP contribution in [0.4, 0.5) is 0 Å². The first kappa shape index (κ1) is 9.98. The van der Waals surface area contributed by atoms with Crippen molar-refractivity contribution in [2.45, 2.75) is 12.3 Å². The van der Waals surface area contributed by atoms with E-state index in [0.717, 1.165) is 0 Å². The Kier molecular flexibility index (Phi) is 3.25. The largest absolute Gasteiger partial charge is 0.423 e. The minimum Gasteiger partial charge on any atom is -0.423 e. The normalized spacial score (nSPS) is 10.1. The minimum atomic E-state index is -0.0789. The summed E-state index contributed by atoms with van der Waals surface area (Å²) < 4.78 is 5.05. The summed E-state index contributed by atoms with van der Waals surface area (Å²) in [5.74, 6) is 0.728. The van der Waals surface area contributed by atoms with Gasteiger partial charge >= 0.3 is 0 Å². The number of nitrogens with zero attached hydrogens (tertiary/aromatic N) is 3. The van der Waals surface area contributed by atoms with Crippen molar-refractivity contribution in [1.29, 1.82) is 0 Å². The van der Waals surface area contributed by atoms with E-state index in [-0.39, 0.29) is 18.2 Å². The number of likely N-dealkylation sites (N-methyl/N-ethyl adjacent to an activating group) is 1. The van der Waals surface area contributed by atoms with Gasteiger partial charge in [0.25, 0.3) is 0 Å². The van der Waals surface area contributed by atoms with E-state index in [1.807, 2.05) is 0 Å². The predicted octanol–water partition coefficient (Wildman–Crippen LogP) is 0.439. The van der Waals surface area contributed by atoms with Crippen molar-refractivity contribution in [3.8, 4) is 0 Å². The van der Waals surface area contributed by atoms with Crippen LogP contribution in [-0.2, 0) is 17.1 Å². The van der Waals surface area contributed by atoms with E-state index in [0.29, 0.717) is 11.8 Å². The highest BCUT2D eigenvalue weighted by molar-refractivity contribution is 6.16. The van der Waals surface area contributed by atoms with Crippen molar-refractivity contribution in [2.24, 2.45) is 0 Å². The SMILES string of the molecule is CN(C)C(=O)Cc1nnc(CCl)o1. The van der Waals surface area contributed by atoms with Crippen molar-refractivity contribution in [1.82, 2.24) is 15.1 Å². The third kappa shape index (κ3) is 2.69. The first-order chi connectivity index (χ1) is 6.13. The Morgan fingerprint density at radius 1 is 1.46 bits per heavy atom. The van der Waals surface area contributed by atoms with Crippen molar-refractivity contribution in [3.63, 3.8) is 0 Å². The summed E-state index contributed by atoms with van der Waals surface area (Å²) in [5.41, 5.74) is 0. The smallest absolute Gasteiger partial charge is 0.231 e. The first-order valence-electron chi connectivity index (χ1n) is 3.71. The fourth-order valence-electron chi connectivity index (χ4n) is 0.701. The molecule has 13 heavy (non-hydrogen) atoms. The fraction of sp³-hybridized carbons (Fsp3) is 0.571. The van der Waals surface area contributed by atoms with Gasteiger partial charge in [-0.3, -0.25) is 4.79 Å². The number of hydrogen-bond acceptors (Lipinski definition) is 4. The monoisotopic (exact) mass is 203 g/mol. The number of amides is 1. The molecule has 1 rings (SSSR count). The Morgan fingerprint density at radius 3 is 2.54 bits per heavy atom. The molecule has 0 saturated carbocycles. The second-order valence-corrected chi connectivity index (χ2v) is 2.96. The van der Waals surface area contributed by atoms with Crippen LogP contribution in [0.5, 0.6) is 0 Å². The number of aromatic nitrogens is 2. The van der Waals surface area contributed by atoms with E-state index >= 15 is 0 Å². The Hall–Kier alpha value is -1.10. The van der Waals surface area contributed by atoms with Crippen LogP contribution in [0.15, 0.2) is 4.42 Å². The van der Waals surface area contributed by atoms with Gasteiger partial charge < -0.3 is 9.32 Å². The van der Waals surface area contributed by atoms with Crippen molar-refractivity contribution < 1.29 is 9.21 Å². The van der Waals surface area contributed by atoms with E-state index in [1.165, 1.54) is 4.90 Å². The van der Waals surface area contributed by atoms with Gasteiger partial charge in [0, 0.05) is 14.1 Å². The van der Waals surface area contributed by atoms with Crippen LogP contribution in [-0.4, -0.2) is 35.1 Å². The van der Waals surface area contributed by atoms with Crippen LogP contribution in [0.3, 0.4) is 0 Å². The zero-order chi connectivity index (χ0) is 9.84. The van der Waals surface area contributed by atoms with Gasteiger partial charge in [-0.25, -0.2) is 0 Å². The maximum absolute atomic E-state index is 11.2. The third-order valence-corrected chi connectivity index (χ3v) is 1.65. The number of rotatable bonds is 3. The zero-order valence-electron chi connectivity index (χ0n) is 7.45. The lowest BCUT2D eigenvalue weighted by Crippen LogP contribution is -2.23. The molecule has 1 heterocycles. The molecule has 0 aromatic carbocycles. The van der Waals surface area contributed by atoms with Crippen molar-refractivity contribution in [3.05, 3.63) is 11.8 Å². The number of carbonyl (C=O) groups is 1. The minimum absolute atomic E-state index is 0.0789. The lowest BCUT2D eigenvalue weighted by molar-refractivity contribution is -0.128. The second kappa shape index (κ2) is 4.23. The molecule has 0 aliphatic rings. The molecule has 0 bridgehead atoms. The average Bonchev–Trinajstić information content (AvgIpc) is 2.52. The van der Waals surface area contributed by atoms with Gasteiger partial charge in [-0.2, -0.15) is 0 Å². The maximum atomic E-state index is 11.2. The number of halogens is 1. The Labute approximate surface area is 80.7 Å². The molecule has 72 valence electrons. The van der Waals surface area contributed by atoms with E-state index in [1.54, 1.807) is 14.1 Å². The number of carbonyl (C=O) groups excluding carboxylic acids is 1. The van der Waals surface area contributed by atoms with Crippen molar-refractivity contribution in [2.75, 3.05) is 14.1 Å². The topological polar surface area (TPSA) is 59.2 Å². The quantitative estimate of drug-likeness (QED) is 0.669. The Bertz CT molecular complexity index is 298. The number of hydrogen-bond donors (Lipinski definition) is 0. The van der Waals surface area contributed by atoms with Crippen LogP contribution in [0.2, 0.25) is 0 Å². The summed E-state index contributed by atoms with van der Waals surface area (Å²) in [7, 11) is 3.34. The van der Waals surface area contributed by atoms with Gasteiger partial charge in [-0.1, -0.05) is 0 Å². The van der Waals surface area contributed by atoms with E-state index in [9.17, 15) is 4.79 Å². The molecule has 1 aromatic rings. The molecule has 0 radical (unpaired) electrons. The Balaban J connectivity index is 2.59. The molecule has 0 N–H and O–H groups in total. The van der Waals surface area contributed by atoms with Crippen LogP contribution >= 0.6 is 11.6 Å². The summed E-state index contributed by atoms with van der Waals surface area (Å²) in [5, 5.41) is 7.29. The Morgan fingerprint density at radius 2 is 2.08 bits per heavy atom. The highest BCUT2D eigenvalue weighted by Gasteiger charge is 2.11. The van der Waals surface area contributed by atoms with E-state index in [4.69, 9.17) is 16.0 Å². The number of alkyl halides is 1. The highest BCUT2D eigenvalue weighted by atomic mass is 35.5. The van der Waals surface area contributed by atoms with Crippen LogP contribution in [0.25, 0.3) is 0 Å². The van der Waals surface area contributed by atoms with E-state index < -0.39 is 0 Å². The summed E-state index contributed by atoms with van der Waals surface area (Å²) in [4.78, 5) is 12.6. The van der Waals surface area contributed by atoms with Crippen LogP contribution in [0.1, 0.15) is 11.8 Å². The van der Waals surface area contributed by atoms with Crippen molar-refractivity contribution >= 4 is 17.5 Å². The lowest BCUT2D eigenvalue weighted by atomic mass is 10.4. The molecule has 0 aliphatic carbocycles. The molecule has 5 nitrogen and oxygen atoms in total. The van der Waals surface area contributed by atoms with Gasteiger partial charge in [-0.05, 0) is 0 Å². The molecule has 0 spiro atoms. The maximum Gasteiger partial charge on any atom is 0.231 e. The molecular weight excluding hydrogens is 194 g/mol. The van der Waals surface area contributed by atoms with Gasteiger partial charge in [-0.15, -0.1) is 21.8 Å². The summed E-state index contributed by atoms with van der Waals surface area (Å²) in [6.45, 7) is 0. The molecule has 0 saturated heterocycles. The average molecular weight is 204 g/mol. The molecule has 0 aliphatic heterocycles. The summed E-state index contributed by atoms with van der Waals surface area (Å²) in [6, 6.07) is 0. The third-order valence-electron chi connectivity index (χ3n) is 1.42. The van der Waals surface area contributed by atoms with E-state index in [2.05, 4.69) is 10.2 Å². The zero-order valence-corrected chi connectivity index (χ0v) is 8.21. The van der Waals surface area contributed by atoms with Crippen LogP contribution in [0, 0.1) is 0 Å². The lowest BCUT2D eigenvalue weighted by Gasteiger charge is -2.06. The molecule has 1 amide bonds. The standard InChI is InChI=1S/C7H10ClN3O2/c1-11(2)7(12)3-5-9-10-6(4-8)13-5/h3-4H2,1-2H3. The van der Waals surface area contributed by atoms with Gasteiger partial charge in [0.05, 0.1) is 0 Å². The molecule has 0 atom stereocenters. The molecular formula is C7H10ClN3O2. The van der Waals surface area contributed by atoms with Gasteiger partial charge in [0.1, 0.15) is 12.3 Å². The van der Waals surface area contributed by atoms with Crippen LogP contribution < -0.4 is 0 Å². The molecule has 0 fully saturated rings. The summed E-state index contributed by atoms with van der Waals surface area (Å²) in [6.07, 6.45) is 0.122. The highest BCUT2D eigenvalue weighted by Crippen LogP contribution is 2.03. The van der Waals surface area contributed by atoms with Gasteiger partial charge in [0.2, 0.25) is 17.7 Å². The fourth-order valence-corrected chi connectivity index (χ4v) is 0.809. The second-order valence-electron chi connectivity index (χ2n) is 2.69. The molecule has 0 unspecified atom stereocenters. The summed E-state index contributed by atoms with van der Waals surface area (Å²) >= 11 is 5.45. The molecule has 1 aromatic heterocycles. The predicted molar refractivity (Wildman–Crippen MR) is 46.3 cm³/mol. The first-order valence-corrected chi connectivity index (χ1v) is 4.24.